The summed E-state index contributed by atoms with van der Waals surface area (Å²) >= 11 is 0. The van der Waals surface area contributed by atoms with Crippen molar-refractivity contribution in [2.24, 2.45) is 12.8 Å². The zero-order chi connectivity index (χ0) is 12.7. The maximum atomic E-state index is 6.09. The van der Waals surface area contributed by atoms with Crippen molar-refractivity contribution in [2.45, 2.75) is 38.3 Å². The van der Waals surface area contributed by atoms with E-state index in [-0.39, 0.29) is 6.04 Å². The van der Waals surface area contributed by atoms with Crippen LogP contribution in [0.3, 0.4) is 0 Å². The number of hydrogen-bond acceptors (Lipinski definition) is 3. The highest BCUT2D eigenvalue weighted by molar-refractivity contribution is 5.80. The minimum absolute atomic E-state index is 0.283. The van der Waals surface area contributed by atoms with Gasteiger partial charge in [-0.3, -0.25) is 0 Å². The van der Waals surface area contributed by atoms with Crippen LogP contribution in [0.25, 0.3) is 11.0 Å². The molecule has 0 saturated heterocycles. The van der Waals surface area contributed by atoms with Gasteiger partial charge in [0, 0.05) is 24.8 Å². The largest absolute Gasteiger partial charge is 0.381 e. The smallest absolute Gasteiger partial charge is 0.106 e. The summed E-state index contributed by atoms with van der Waals surface area (Å²) in [5, 5.41) is 3.54. The van der Waals surface area contributed by atoms with Crippen LogP contribution in [0.5, 0.6) is 0 Å². The van der Waals surface area contributed by atoms with Crippen molar-refractivity contribution in [3.63, 3.8) is 0 Å². The van der Waals surface area contributed by atoms with Gasteiger partial charge in [-0.15, -0.1) is 0 Å². The monoisotopic (exact) mass is 244 g/mol. The molecular formula is C14H20N4. The predicted octanol–water partition coefficient (Wildman–Crippen LogP) is 2.17. The summed E-state index contributed by atoms with van der Waals surface area (Å²) in [6.45, 7) is 2.03. The van der Waals surface area contributed by atoms with Crippen molar-refractivity contribution >= 4 is 16.7 Å². The van der Waals surface area contributed by atoms with E-state index in [2.05, 4.69) is 33.1 Å². The van der Waals surface area contributed by atoms with Gasteiger partial charge in [-0.2, -0.15) is 0 Å². The van der Waals surface area contributed by atoms with Crippen LogP contribution in [0.1, 0.15) is 25.1 Å². The van der Waals surface area contributed by atoms with Crippen molar-refractivity contribution in [1.82, 2.24) is 9.55 Å². The standard InChI is InChI=1S/C14H20N4/c1-9-16-13-8-10(6-7-14(13)18(9)2)17-12-5-3-4-11(12)15/h6-8,11-12,17H,3-5,15H2,1-2H3. The summed E-state index contributed by atoms with van der Waals surface area (Å²) in [5.41, 5.74) is 9.44. The van der Waals surface area contributed by atoms with Crippen molar-refractivity contribution < 1.29 is 0 Å². The Bertz CT molecular complexity index is 572. The quantitative estimate of drug-likeness (QED) is 0.851. The molecule has 1 aromatic carbocycles. The molecule has 0 aliphatic heterocycles. The van der Waals surface area contributed by atoms with E-state index in [9.17, 15) is 0 Å². The van der Waals surface area contributed by atoms with Gasteiger partial charge >= 0.3 is 0 Å². The third kappa shape index (κ3) is 1.86. The number of imidazole rings is 1. The lowest BCUT2D eigenvalue weighted by molar-refractivity contribution is 0.638. The molecule has 2 aromatic rings. The molecule has 18 heavy (non-hydrogen) atoms. The number of anilines is 1. The maximum absolute atomic E-state index is 6.09. The maximum Gasteiger partial charge on any atom is 0.106 e. The highest BCUT2D eigenvalue weighted by atomic mass is 15.1. The van der Waals surface area contributed by atoms with Crippen LogP contribution in [-0.4, -0.2) is 21.6 Å². The Morgan fingerprint density at radius 3 is 2.94 bits per heavy atom. The predicted molar refractivity (Wildman–Crippen MR) is 74.7 cm³/mol. The third-order valence-corrected chi connectivity index (χ3v) is 4.03. The molecule has 0 amide bonds. The number of nitrogens with one attached hydrogen (secondary N) is 1. The molecule has 2 unspecified atom stereocenters. The number of hydrogen-bond donors (Lipinski definition) is 2. The summed E-state index contributed by atoms with van der Waals surface area (Å²) < 4.78 is 2.11. The van der Waals surface area contributed by atoms with Crippen LogP contribution in [-0.2, 0) is 7.05 Å². The van der Waals surface area contributed by atoms with Crippen LogP contribution < -0.4 is 11.1 Å². The number of aromatic nitrogens is 2. The zero-order valence-corrected chi connectivity index (χ0v) is 11.0. The molecule has 3 rings (SSSR count). The molecule has 1 saturated carbocycles. The first-order valence-corrected chi connectivity index (χ1v) is 6.60. The first-order chi connectivity index (χ1) is 8.65. The Labute approximate surface area is 107 Å². The molecule has 0 spiro atoms. The van der Waals surface area contributed by atoms with E-state index in [0.29, 0.717) is 6.04 Å². The summed E-state index contributed by atoms with van der Waals surface area (Å²) in [5.74, 6) is 1.04. The molecule has 3 N–H and O–H groups in total. The van der Waals surface area contributed by atoms with Crippen molar-refractivity contribution in [2.75, 3.05) is 5.32 Å². The van der Waals surface area contributed by atoms with Gasteiger partial charge in [-0.25, -0.2) is 4.98 Å². The fourth-order valence-corrected chi connectivity index (χ4v) is 2.79. The Hall–Kier alpha value is -1.55. The van der Waals surface area contributed by atoms with Gasteiger partial charge < -0.3 is 15.6 Å². The SMILES string of the molecule is Cc1nc2cc(NC3CCCC3N)ccc2n1C. The minimum atomic E-state index is 0.283. The van der Waals surface area contributed by atoms with Gasteiger partial charge in [0.1, 0.15) is 5.82 Å². The van der Waals surface area contributed by atoms with E-state index in [1.165, 1.54) is 18.4 Å². The third-order valence-electron chi connectivity index (χ3n) is 4.03. The molecule has 1 aliphatic carbocycles. The van der Waals surface area contributed by atoms with E-state index < -0.39 is 0 Å². The first kappa shape index (κ1) is 11.5. The Morgan fingerprint density at radius 1 is 1.39 bits per heavy atom. The number of rotatable bonds is 2. The fourth-order valence-electron chi connectivity index (χ4n) is 2.79. The lowest BCUT2D eigenvalue weighted by atomic mass is 10.1. The van der Waals surface area contributed by atoms with Crippen LogP contribution >= 0.6 is 0 Å². The van der Waals surface area contributed by atoms with Gasteiger partial charge in [-0.1, -0.05) is 0 Å². The summed E-state index contributed by atoms with van der Waals surface area (Å²) in [6, 6.07) is 7.05. The van der Waals surface area contributed by atoms with Crippen molar-refractivity contribution in [1.29, 1.82) is 0 Å². The summed E-state index contributed by atoms with van der Waals surface area (Å²) in [6.07, 6.45) is 3.52. The minimum Gasteiger partial charge on any atom is -0.381 e. The van der Waals surface area contributed by atoms with Gasteiger partial charge in [-0.05, 0) is 44.4 Å². The van der Waals surface area contributed by atoms with E-state index in [4.69, 9.17) is 5.73 Å². The van der Waals surface area contributed by atoms with Crippen molar-refractivity contribution in [3.05, 3.63) is 24.0 Å². The lowest BCUT2D eigenvalue weighted by Crippen LogP contribution is -2.35. The Morgan fingerprint density at radius 2 is 2.22 bits per heavy atom. The normalized spacial score (nSPS) is 23.7. The molecule has 2 atom stereocenters. The molecule has 1 aliphatic rings. The van der Waals surface area contributed by atoms with E-state index in [1.54, 1.807) is 0 Å². The van der Waals surface area contributed by atoms with Gasteiger partial charge in [0.25, 0.3) is 0 Å². The van der Waals surface area contributed by atoms with Gasteiger partial charge in [0.15, 0.2) is 0 Å². The molecule has 1 heterocycles. The molecular weight excluding hydrogens is 224 g/mol. The topological polar surface area (TPSA) is 55.9 Å². The van der Waals surface area contributed by atoms with E-state index in [0.717, 1.165) is 23.4 Å². The average molecular weight is 244 g/mol. The van der Waals surface area contributed by atoms with Crippen molar-refractivity contribution in [3.8, 4) is 0 Å². The highest BCUT2D eigenvalue weighted by Gasteiger charge is 2.23. The highest BCUT2D eigenvalue weighted by Crippen LogP contribution is 2.24. The Kier molecular flexibility index (Phi) is 2.74. The first-order valence-electron chi connectivity index (χ1n) is 6.60. The van der Waals surface area contributed by atoms with E-state index in [1.807, 2.05) is 14.0 Å². The molecule has 4 nitrogen and oxygen atoms in total. The number of nitrogens with zero attached hydrogens (tertiary/aromatic N) is 2. The fraction of sp³-hybridized carbons (Fsp3) is 0.500. The Balaban J connectivity index is 1.89. The molecule has 4 heteroatoms. The number of aryl methyl sites for hydroxylation is 2. The van der Waals surface area contributed by atoms with Crippen LogP contribution in [0.2, 0.25) is 0 Å². The van der Waals surface area contributed by atoms with E-state index >= 15 is 0 Å². The average Bonchev–Trinajstić information content (AvgIpc) is 2.86. The van der Waals surface area contributed by atoms with Gasteiger partial charge in [0.05, 0.1) is 11.0 Å². The molecule has 96 valence electrons. The second-order valence-corrected chi connectivity index (χ2v) is 5.27. The molecule has 1 fully saturated rings. The summed E-state index contributed by atoms with van der Waals surface area (Å²) in [7, 11) is 2.05. The van der Waals surface area contributed by atoms with Crippen LogP contribution in [0.4, 0.5) is 5.69 Å². The molecule has 0 bridgehead atoms. The lowest BCUT2D eigenvalue weighted by Gasteiger charge is -2.18. The zero-order valence-electron chi connectivity index (χ0n) is 11.0. The second-order valence-electron chi connectivity index (χ2n) is 5.27. The summed E-state index contributed by atoms with van der Waals surface area (Å²) in [4.78, 5) is 4.56. The van der Waals surface area contributed by atoms with Crippen LogP contribution in [0.15, 0.2) is 18.2 Å². The van der Waals surface area contributed by atoms with Crippen LogP contribution in [0, 0.1) is 6.92 Å². The number of fused-ring (bicyclic) bond motifs is 1. The number of nitrogens with two attached hydrogens (primary N) is 1. The molecule has 1 aromatic heterocycles. The molecule has 0 radical (unpaired) electrons. The van der Waals surface area contributed by atoms with Gasteiger partial charge in [0.2, 0.25) is 0 Å². The second kappa shape index (κ2) is 4.28. The number of benzene rings is 1.